The summed E-state index contributed by atoms with van der Waals surface area (Å²) in [5, 5.41) is 0.731. The second kappa shape index (κ2) is 3.66. The number of aromatic nitrogens is 1. The Morgan fingerprint density at radius 2 is 2.07 bits per heavy atom. The number of rotatable bonds is 0. The van der Waals surface area contributed by atoms with Gasteiger partial charge in [-0.05, 0) is 57.6 Å². The lowest BCUT2D eigenvalue weighted by Crippen LogP contribution is -2.03. The lowest BCUT2D eigenvalue weighted by molar-refractivity contribution is 1.24. The molecule has 14 heavy (non-hydrogen) atoms. The minimum Gasteiger partial charge on any atom is -0.358 e. The summed E-state index contributed by atoms with van der Waals surface area (Å²) in [4.78, 5) is 14.8. The molecule has 2 aromatic rings. The van der Waals surface area contributed by atoms with Crippen LogP contribution < -0.4 is 5.43 Å². The number of benzene rings is 1. The smallest absolute Gasteiger partial charge is 0.189 e. The monoisotopic (exact) mass is 363 g/mol. The van der Waals surface area contributed by atoms with Gasteiger partial charge in [0.25, 0.3) is 0 Å². The van der Waals surface area contributed by atoms with Crippen LogP contribution in [0.25, 0.3) is 10.9 Å². The molecule has 0 unspecified atom stereocenters. The molecule has 0 aliphatic rings. The third-order valence-corrected chi connectivity index (χ3v) is 3.24. The average Bonchev–Trinajstić information content (AvgIpc) is 2.07. The highest BCUT2D eigenvalue weighted by atomic mass is 127. The lowest BCUT2D eigenvalue weighted by atomic mass is 10.2. The largest absolute Gasteiger partial charge is 0.358 e. The molecule has 1 N–H and O–H groups in total. The van der Waals surface area contributed by atoms with Crippen LogP contribution in [0.5, 0.6) is 0 Å². The molecule has 0 spiro atoms. The van der Waals surface area contributed by atoms with Gasteiger partial charge in [0.1, 0.15) is 0 Å². The van der Waals surface area contributed by atoms with E-state index in [2.05, 4.69) is 43.5 Å². The lowest BCUT2D eigenvalue weighted by Gasteiger charge is -2.03. The standard InChI is InChI=1S/C10H7BrINO/c1-5-2-9(14)7-3-6(12)4-8(11)10(7)13-5/h2-4H,1H3,(H,13,14). The third kappa shape index (κ3) is 1.72. The first-order chi connectivity index (χ1) is 6.58. The van der Waals surface area contributed by atoms with Gasteiger partial charge in [-0.15, -0.1) is 0 Å². The minimum atomic E-state index is 0.0652. The molecule has 1 aromatic carbocycles. The molecule has 0 bridgehead atoms. The molecule has 0 amide bonds. The van der Waals surface area contributed by atoms with E-state index in [0.29, 0.717) is 0 Å². The van der Waals surface area contributed by atoms with Crippen molar-refractivity contribution in [2.45, 2.75) is 6.92 Å². The highest BCUT2D eigenvalue weighted by molar-refractivity contribution is 14.1. The maximum absolute atomic E-state index is 11.7. The number of halogens is 2. The zero-order valence-corrected chi connectivity index (χ0v) is 11.1. The predicted molar refractivity (Wildman–Crippen MR) is 69.7 cm³/mol. The van der Waals surface area contributed by atoms with Crippen molar-refractivity contribution in [1.82, 2.24) is 4.98 Å². The highest BCUT2D eigenvalue weighted by Crippen LogP contribution is 2.23. The Morgan fingerprint density at radius 1 is 1.36 bits per heavy atom. The third-order valence-electron chi connectivity index (χ3n) is 1.99. The van der Waals surface area contributed by atoms with E-state index in [1.54, 1.807) is 6.07 Å². The molecule has 0 atom stereocenters. The van der Waals surface area contributed by atoms with E-state index in [-0.39, 0.29) is 5.43 Å². The van der Waals surface area contributed by atoms with Crippen molar-refractivity contribution in [2.24, 2.45) is 0 Å². The molecule has 0 aliphatic carbocycles. The number of pyridine rings is 1. The van der Waals surface area contributed by atoms with Gasteiger partial charge in [0.05, 0.1) is 5.52 Å². The van der Waals surface area contributed by atoms with Crippen LogP contribution in [0.4, 0.5) is 0 Å². The second-order valence-corrected chi connectivity index (χ2v) is 5.23. The van der Waals surface area contributed by atoms with Gasteiger partial charge in [-0.25, -0.2) is 0 Å². The Balaban J connectivity index is 3.02. The second-order valence-electron chi connectivity index (χ2n) is 3.13. The molecule has 2 rings (SSSR count). The Kier molecular flexibility index (Phi) is 2.66. The number of H-pyrrole nitrogens is 1. The summed E-state index contributed by atoms with van der Waals surface area (Å²) < 4.78 is 1.98. The van der Waals surface area contributed by atoms with Crippen LogP contribution in [0.15, 0.2) is 27.5 Å². The van der Waals surface area contributed by atoms with Crippen LogP contribution in [0.3, 0.4) is 0 Å². The zero-order valence-electron chi connectivity index (χ0n) is 7.40. The molecule has 1 heterocycles. The highest BCUT2D eigenvalue weighted by Gasteiger charge is 2.04. The molecular formula is C10H7BrINO. The first-order valence-electron chi connectivity index (χ1n) is 4.06. The van der Waals surface area contributed by atoms with E-state index >= 15 is 0 Å². The van der Waals surface area contributed by atoms with Gasteiger partial charge in [0.15, 0.2) is 5.43 Å². The Hall–Kier alpha value is -0.360. The van der Waals surface area contributed by atoms with Gasteiger partial charge in [-0.3, -0.25) is 4.79 Å². The Labute approximate surface area is 103 Å². The van der Waals surface area contributed by atoms with Crippen LogP contribution in [-0.2, 0) is 0 Å². The maximum Gasteiger partial charge on any atom is 0.189 e. The van der Waals surface area contributed by atoms with Crippen molar-refractivity contribution in [3.63, 3.8) is 0 Å². The van der Waals surface area contributed by atoms with E-state index in [0.717, 1.165) is 24.6 Å². The van der Waals surface area contributed by atoms with E-state index in [9.17, 15) is 4.79 Å². The summed E-state index contributed by atoms with van der Waals surface area (Å²) in [6, 6.07) is 5.49. The van der Waals surface area contributed by atoms with Crippen molar-refractivity contribution in [1.29, 1.82) is 0 Å². The topological polar surface area (TPSA) is 32.9 Å². The van der Waals surface area contributed by atoms with Crippen molar-refractivity contribution in [3.8, 4) is 0 Å². The summed E-state index contributed by atoms with van der Waals surface area (Å²) in [5.41, 5.74) is 1.82. The van der Waals surface area contributed by atoms with E-state index < -0.39 is 0 Å². The van der Waals surface area contributed by atoms with Gasteiger partial charge in [0.2, 0.25) is 0 Å². The number of aryl methyl sites for hydroxylation is 1. The average molecular weight is 364 g/mol. The van der Waals surface area contributed by atoms with Crippen LogP contribution in [0.2, 0.25) is 0 Å². The van der Waals surface area contributed by atoms with Crippen LogP contribution in [-0.4, -0.2) is 4.98 Å². The molecule has 72 valence electrons. The van der Waals surface area contributed by atoms with Gasteiger partial charge >= 0.3 is 0 Å². The van der Waals surface area contributed by atoms with Crippen LogP contribution in [0.1, 0.15) is 5.69 Å². The molecule has 1 aromatic heterocycles. The normalized spacial score (nSPS) is 10.8. The fourth-order valence-corrected chi connectivity index (χ4v) is 3.01. The zero-order chi connectivity index (χ0) is 10.3. The Bertz CT molecular complexity index is 562. The first kappa shape index (κ1) is 10.2. The number of nitrogens with one attached hydrogen (secondary N) is 1. The molecule has 0 aliphatic heterocycles. The molecule has 0 fully saturated rings. The van der Waals surface area contributed by atoms with Gasteiger partial charge in [-0.1, -0.05) is 0 Å². The van der Waals surface area contributed by atoms with Crippen molar-refractivity contribution in [3.05, 3.63) is 42.2 Å². The maximum atomic E-state index is 11.7. The molecule has 0 saturated heterocycles. The predicted octanol–water partition coefficient (Wildman–Crippen LogP) is 3.20. The van der Waals surface area contributed by atoms with Gasteiger partial charge in [-0.2, -0.15) is 0 Å². The summed E-state index contributed by atoms with van der Waals surface area (Å²) in [5.74, 6) is 0. The minimum absolute atomic E-state index is 0.0652. The number of aromatic amines is 1. The quantitative estimate of drug-likeness (QED) is 0.716. The fourth-order valence-electron chi connectivity index (χ4n) is 1.40. The molecule has 0 saturated carbocycles. The Morgan fingerprint density at radius 3 is 2.79 bits per heavy atom. The first-order valence-corrected chi connectivity index (χ1v) is 5.94. The molecule has 4 heteroatoms. The van der Waals surface area contributed by atoms with Crippen molar-refractivity contribution in [2.75, 3.05) is 0 Å². The number of hydrogen-bond donors (Lipinski definition) is 1. The fraction of sp³-hybridized carbons (Fsp3) is 0.100. The molecular weight excluding hydrogens is 357 g/mol. The van der Waals surface area contributed by atoms with E-state index in [1.807, 2.05) is 19.1 Å². The van der Waals surface area contributed by atoms with Gasteiger partial charge in [0, 0.05) is 25.2 Å². The number of fused-ring (bicyclic) bond motifs is 1. The summed E-state index contributed by atoms with van der Waals surface area (Å²) in [6.07, 6.45) is 0. The van der Waals surface area contributed by atoms with Crippen molar-refractivity contribution < 1.29 is 0 Å². The molecule has 2 nitrogen and oxygen atoms in total. The summed E-state index contributed by atoms with van der Waals surface area (Å²) in [7, 11) is 0. The van der Waals surface area contributed by atoms with E-state index in [1.165, 1.54) is 0 Å². The number of hydrogen-bond acceptors (Lipinski definition) is 1. The summed E-state index contributed by atoms with van der Waals surface area (Å²) in [6.45, 7) is 1.88. The SMILES string of the molecule is Cc1cc(=O)c2cc(I)cc(Br)c2[nH]1. The van der Waals surface area contributed by atoms with Crippen molar-refractivity contribution >= 4 is 49.4 Å². The van der Waals surface area contributed by atoms with Crippen LogP contribution in [0, 0.1) is 10.5 Å². The van der Waals surface area contributed by atoms with Gasteiger partial charge < -0.3 is 4.98 Å². The van der Waals surface area contributed by atoms with E-state index in [4.69, 9.17) is 0 Å². The van der Waals surface area contributed by atoms with Crippen LogP contribution >= 0.6 is 38.5 Å². The summed E-state index contributed by atoms with van der Waals surface area (Å²) >= 11 is 5.64. The molecule has 0 radical (unpaired) electrons.